The second-order valence-electron chi connectivity index (χ2n) is 4.97. The van der Waals surface area contributed by atoms with Gasteiger partial charge in [-0.1, -0.05) is 31.1 Å². The maximum atomic E-state index is 12.2. The van der Waals surface area contributed by atoms with Gasteiger partial charge in [0.1, 0.15) is 5.69 Å². The molecule has 0 aliphatic carbocycles. The zero-order valence-electron chi connectivity index (χ0n) is 11.8. The zero-order valence-corrected chi connectivity index (χ0v) is 12.5. The van der Waals surface area contributed by atoms with Crippen molar-refractivity contribution in [3.8, 4) is 0 Å². The first kappa shape index (κ1) is 14.9. The number of carbonyl (C=O) groups excluding carboxylic acids is 1. The van der Waals surface area contributed by atoms with E-state index >= 15 is 0 Å². The number of nitrogens with one attached hydrogen (secondary N) is 1. The molecule has 1 amide bonds. The molecule has 20 heavy (non-hydrogen) atoms. The molecule has 0 aliphatic heterocycles. The van der Waals surface area contributed by atoms with Crippen LogP contribution in [0.5, 0.6) is 0 Å². The zero-order chi connectivity index (χ0) is 14.6. The number of hydrogen-bond acceptors (Lipinski definition) is 3. The fourth-order valence-corrected chi connectivity index (χ4v) is 2.65. The van der Waals surface area contributed by atoms with Crippen molar-refractivity contribution in [1.82, 2.24) is 10.5 Å². The van der Waals surface area contributed by atoms with Crippen LogP contribution in [-0.4, -0.2) is 22.5 Å². The third-order valence-corrected chi connectivity index (χ3v) is 4.31. The van der Waals surface area contributed by atoms with Crippen molar-refractivity contribution in [3.05, 3.63) is 30.0 Å². The van der Waals surface area contributed by atoms with Crippen LogP contribution in [0.3, 0.4) is 0 Å². The monoisotopic (exact) mass is 294 g/mol. The molecule has 0 spiro atoms. The van der Waals surface area contributed by atoms with Gasteiger partial charge in [0.25, 0.3) is 0 Å². The number of hydrogen-bond donors (Lipinski definition) is 1. The number of benzene rings is 1. The standard InChI is InChI=1S/C15H19ClN2O2/c1-3-15(4-2,10-16)17-14(19)9-12-11-7-5-6-8-13(11)20-18-12/h5-8H,3-4,9-10H2,1-2H3,(H,17,19). The predicted octanol–water partition coefficient (Wildman–Crippen LogP) is 3.28. The second-order valence-corrected chi connectivity index (χ2v) is 5.24. The van der Waals surface area contributed by atoms with Crippen molar-refractivity contribution < 1.29 is 9.32 Å². The molecule has 0 aliphatic rings. The maximum Gasteiger partial charge on any atom is 0.226 e. The smallest absolute Gasteiger partial charge is 0.226 e. The molecule has 108 valence electrons. The van der Waals surface area contributed by atoms with E-state index in [0.29, 0.717) is 17.2 Å². The number of aromatic nitrogens is 1. The highest BCUT2D eigenvalue weighted by Gasteiger charge is 2.27. The summed E-state index contributed by atoms with van der Waals surface area (Å²) in [4.78, 5) is 12.2. The van der Waals surface area contributed by atoms with Crippen molar-refractivity contribution in [2.24, 2.45) is 0 Å². The van der Waals surface area contributed by atoms with Gasteiger partial charge in [0.2, 0.25) is 5.91 Å². The summed E-state index contributed by atoms with van der Waals surface area (Å²) in [6, 6.07) is 7.53. The summed E-state index contributed by atoms with van der Waals surface area (Å²) in [6.45, 7) is 4.05. The van der Waals surface area contributed by atoms with E-state index < -0.39 is 0 Å². The molecule has 2 aromatic rings. The van der Waals surface area contributed by atoms with Crippen molar-refractivity contribution in [1.29, 1.82) is 0 Å². The summed E-state index contributed by atoms with van der Waals surface area (Å²) >= 11 is 6.00. The van der Waals surface area contributed by atoms with Crippen LogP contribution in [0.4, 0.5) is 0 Å². The van der Waals surface area contributed by atoms with E-state index in [0.717, 1.165) is 18.2 Å². The fourth-order valence-electron chi connectivity index (χ4n) is 2.21. The molecule has 1 aromatic carbocycles. The van der Waals surface area contributed by atoms with Gasteiger partial charge in [0, 0.05) is 11.3 Å². The molecule has 4 nitrogen and oxygen atoms in total. The summed E-state index contributed by atoms with van der Waals surface area (Å²) in [5.74, 6) is 0.332. The van der Waals surface area contributed by atoms with Crippen LogP contribution in [-0.2, 0) is 11.2 Å². The Balaban J connectivity index is 2.12. The highest BCUT2D eigenvalue weighted by molar-refractivity contribution is 6.18. The van der Waals surface area contributed by atoms with Gasteiger partial charge in [0.05, 0.1) is 12.0 Å². The van der Waals surface area contributed by atoms with Crippen molar-refractivity contribution in [3.63, 3.8) is 0 Å². The van der Waals surface area contributed by atoms with E-state index in [9.17, 15) is 4.79 Å². The molecule has 0 saturated heterocycles. The number of carbonyl (C=O) groups is 1. The topological polar surface area (TPSA) is 55.1 Å². The normalized spacial score (nSPS) is 11.8. The van der Waals surface area contributed by atoms with Crippen LogP contribution < -0.4 is 5.32 Å². The lowest BCUT2D eigenvalue weighted by atomic mass is 9.95. The van der Waals surface area contributed by atoms with Gasteiger partial charge in [-0.05, 0) is 25.0 Å². The number of para-hydroxylation sites is 1. The molecular weight excluding hydrogens is 276 g/mol. The molecule has 0 unspecified atom stereocenters. The Morgan fingerprint density at radius 2 is 2.05 bits per heavy atom. The Hall–Kier alpha value is -1.55. The third kappa shape index (κ3) is 2.96. The lowest BCUT2D eigenvalue weighted by Crippen LogP contribution is -2.49. The number of alkyl halides is 1. The van der Waals surface area contributed by atoms with Gasteiger partial charge >= 0.3 is 0 Å². The fraction of sp³-hybridized carbons (Fsp3) is 0.467. The van der Waals surface area contributed by atoms with Crippen LogP contribution in [0.1, 0.15) is 32.4 Å². The number of nitrogens with zero attached hydrogens (tertiary/aromatic N) is 1. The van der Waals surface area contributed by atoms with Crippen LogP contribution in [0.2, 0.25) is 0 Å². The molecule has 0 radical (unpaired) electrons. The minimum atomic E-state index is -0.335. The quantitative estimate of drug-likeness (QED) is 0.832. The molecule has 5 heteroatoms. The molecule has 1 heterocycles. The summed E-state index contributed by atoms with van der Waals surface area (Å²) < 4.78 is 5.20. The SMILES string of the molecule is CCC(CC)(CCl)NC(=O)Cc1noc2ccccc12. The number of amides is 1. The average Bonchev–Trinajstić information content (AvgIpc) is 2.88. The molecule has 1 N–H and O–H groups in total. The van der Waals surface area contributed by atoms with Gasteiger partial charge in [-0.25, -0.2) is 0 Å². The van der Waals surface area contributed by atoms with Crippen molar-refractivity contribution in [2.75, 3.05) is 5.88 Å². The average molecular weight is 295 g/mol. The van der Waals surface area contributed by atoms with Gasteiger partial charge in [-0.2, -0.15) is 0 Å². The van der Waals surface area contributed by atoms with Crippen molar-refractivity contribution in [2.45, 2.75) is 38.6 Å². The first-order chi connectivity index (χ1) is 9.64. The van der Waals surface area contributed by atoms with Crippen molar-refractivity contribution >= 4 is 28.5 Å². The first-order valence-electron chi connectivity index (χ1n) is 6.84. The maximum absolute atomic E-state index is 12.2. The lowest BCUT2D eigenvalue weighted by Gasteiger charge is -2.30. The van der Waals surface area contributed by atoms with Crippen LogP contribution in [0, 0.1) is 0 Å². The predicted molar refractivity (Wildman–Crippen MR) is 79.9 cm³/mol. The van der Waals surface area contributed by atoms with E-state index in [2.05, 4.69) is 10.5 Å². The van der Waals surface area contributed by atoms with E-state index in [1.165, 1.54) is 0 Å². The van der Waals surface area contributed by atoms with E-state index in [4.69, 9.17) is 16.1 Å². The van der Waals surface area contributed by atoms with Gasteiger partial charge in [-0.3, -0.25) is 4.79 Å². The molecule has 0 fully saturated rings. The van der Waals surface area contributed by atoms with Crippen LogP contribution >= 0.6 is 11.6 Å². The Kier molecular flexibility index (Phi) is 4.65. The molecule has 0 atom stereocenters. The highest BCUT2D eigenvalue weighted by Crippen LogP contribution is 2.20. The molecule has 1 aromatic heterocycles. The van der Waals surface area contributed by atoms with E-state index in [1.54, 1.807) is 0 Å². The molecule has 0 bridgehead atoms. The number of rotatable bonds is 6. The summed E-state index contributed by atoms with van der Waals surface area (Å²) in [5.41, 5.74) is 1.02. The highest BCUT2D eigenvalue weighted by atomic mass is 35.5. The number of halogens is 1. The van der Waals surface area contributed by atoms with Crippen LogP contribution in [0.25, 0.3) is 11.0 Å². The molecule has 2 rings (SSSR count). The third-order valence-electron chi connectivity index (χ3n) is 3.79. The molecule has 0 saturated carbocycles. The number of fused-ring (bicyclic) bond motifs is 1. The Morgan fingerprint density at radius 3 is 2.70 bits per heavy atom. The summed E-state index contributed by atoms with van der Waals surface area (Å²) in [5, 5.41) is 7.89. The first-order valence-corrected chi connectivity index (χ1v) is 7.38. The lowest BCUT2D eigenvalue weighted by molar-refractivity contribution is -0.122. The summed E-state index contributed by atoms with van der Waals surface area (Å²) in [6.07, 6.45) is 1.81. The van der Waals surface area contributed by atoms with Gasteiger partial charge < -0.3 is 9.84 Å². The minimum Gasteiger partial charge on any atom is -0.356 e. The summed E-state index contributed by atoms with van der Waals surface area (Å²) in [7, 11) is 0. The van der Waals surface area contributed by atoms with E-state index in [1.807, 2.05) is 38.1 Å². The van der Waals surface area contributed by atoms with Gasteiger partial charge in [0.15, 0.2) is 5.58 Å². The minimum absolute atomic E-state index is 0.0756. The Labute approximate surface area is 123 Å². The van der Waals surface area contributed by atoms with E-state index in [-0.39, 0.29) is 17.9 Å². The molecular formula is C15H19ClN2O2. The Bertz CT molecular complexity index is 582. The Morgan fingerprint density at radius 1 is 1.35 bits per heavy atom. The van der Waals surface area contributed by atoms with Crippen LogP contribution in [0.15, 0.2) is 28.8 Å². The van der Waals surface area contributed by atoms with Gasteiger partial charge in [-0.15, -0.1) is 11.6 Å². The second kappa shape index (κ2) is 6.27. The largest absolute Gasteiger partial charge is 0.356 e.